The van der Waals surface area contributed by atoms with E-state index in [1.54, 1.807) is 16.8 Å². The Hall–Kier alpha value is -3.03. The number of piperidine rings is 1. The second-order valence-corrected chi connectivity index (χ2v) is 10.2. The highest BCUT2D eigenvalue weighted by molar-refractivity contribution is 5.90. The number of piperazine rings is 1. The van der Waals surface area contributed by atoms with E-state index in [0.717, 1.165) is 51.3 Å². The molecule has 0 saturated carbocycles. The number of rotatable bonds is 9. The van der Waals surface area contributed by atoms with Crippen LogP contribution in [0.2, 0.25) is 0 Å². The van der Waals surface area contributed by atoms with Crippen molar-refractivity contribution in [2.24, 2.45) is 0 Å². The lowest BCUT2D eigenvalue weighted by Gasteiger charge is -2.32. The second kappa shape index (κ2) is 12.0. The normalized spacial score (nSPS) is 19.1. The van der Waals surface area contributed by atoms with E-state index >= 15 is 0 Å². The van der Waals surface area contributed by atoms with Crippen LogP contribution in [0.15, 0.2) is 24.3 Å². The van der Waals surface area contributed by atoms with Gasteiger partial charge in [0.05, 0.1) is 13.2 Å². The molecule has 2 fully saturated rings. The summed E-state index contributed by atoms with van der Waals surface area (Å²) >= 11 is 0. The summed E-state index contributed by atoms with van der Waals surface area (Å²) < 4.78 is 58.1. The van der Waals surface area contributed by atoms with Gasteiger partial charge in [-0.05, 0) is 57.1 Å². The number of hydrogen-bond acceptors (Lipinski definition) is 8. The van der Waals surface area contributed by atoms with Crippen molar-refractivity contribution in [3.05, 3.63) is 35.8 Å². The number of anilines is 3. The number of nitrogens with one attached hydrogen (secondary N) is 2. The summed E-state index contributed by atoms with van der Waals surface area (Å²) in [6.07, 6.45) is -0.985. The van der Waals surface area contributed by atoms with Crippen molar-refractivity contribution in [1.82, 2.24) is 30.0 Å². The highest BCUT2D eigenvalue weighted by Gasteiger charge is 2.28. The molecule has 2 saturated heterocycles. The largest absolute Gasteiger partial charge is 0.411 e. The average molecular weight is 551 g/mol. The Kier molecular flexibility index (Phi) is 8.48. The zero-order valence-electron chi connectivity index (χ0n) is 22.0. The number of aromatic nitrogens is 4. The smallest absolute Gasteiger partial charge is 0.370 e. The van der Waals surface area contributed by atoms with E-state index < -0.39 is 12.8 Å². The minimum atomic E-state index is -4.40. The lowest BCUT2D eigenvalue weighted by atomic mass is 10.1. The first-order chi connectivity index (χ1) is 18.7. The summed E-state index contributed by atoms with van der Waals surface area (Å²) in [5.74, 6) is 0.647. The maximum Gasteiger partial charge on any atom is 0.411 e. The fraction of sp³-hybridized carbons (Fsp3) is 0.577. The first-order valence-corrected chi connectivity index (χ1v) is 13.4. The molecular formula is C26H34F4N8O. The maximum absolute atomic E-state index is 13.6. The monoisotopic (exact) mass is 550 g/mol. The predicted molar refractivity (Wildman–Crippen MR) is 141 cm³/mol. The second-order valence-electron chi connectivity index (χ2n) is 10.2. The van der Waals surface area contributed by atoms with Crippen molar-refractivity contribution in [3.63, 3.8) is 0 Å². The van der Waals surface area contributed by atoms with Crippen LogP contribution in [0.4, 0.5) is 35.0 Å². The van der Waals surface area contributed by atoms with Gasteiger partial charge in [0.2, 0.25) is 5.95 Å². The summed E-state index contributed by atoms with van der Waals surface area (Å²) in [7, 11) is 0. The zero-order valence-corrected chi connectivity index (χ0v) is 22.0. The van der Waals surface area contributed by atoms with Gasteiger partial charge < -0.3 is 20.3 Å². The van der Waals surface area contributed by atoms with Gasteiger partial charge in [0, 0.05) is 37.9 Å². The van der Waals surface area contributed by atoms with Gasteiger partial charge in [-0.2, -0.15) is 23.3 Å². The Morgan fingerprint density at radius 2 is 1.85 bits per heavy atom. The van der Waals surface area contributed by atoms with Gasteiger partial charge in [0.15, 0.2) is 5.82 Å². The number of hydrogen-bond donors (Lipinski definition) is 2. The van der Waals surface area contributed by atoms with E-state index in [4.69, 9.17) is 19.8 Å². The molecule has 0 spiro atoms. The fourth-order valence-corrected chi connectivity index (χ4v) is 5.08. The van der Waals surface area contributed by atoms with Crippen LogP contribution in [0.3, 0.4) is 0 Å². The van der Waals surface area contributed by atoms with E-state index in [0.29, 0.717) is 35.0 Å². The van der Waals surface area contributed by atoms with Crippen molar-refractivity contribution in [2.45, 2.75) is 51.5 Å². The molecule has 1 atom stereocenters. The van der Waals surface area contributed by atoms with Crippen LogP contribution in [-0.2, 0) is 17.8 Å². The van der Waals surface area contributed by atoms with Crippen molar-refractivity contribution in [3.8, 4) is 0 Å². The van der Waals surface area contributed by atoms with Gasteiger partial charge in [0.1, 0.15) is 29.2 Å². The standard InChI is InChI=1S/C26H34F4N8O/c1-18-15-37(12-9-31-18)25-33-22-21(16-36-10-3-2-4-11-36)35-38(13-14-39-17-26(28,29)30)23(22)24(34-25)32-20-7-5-19(27)6-8-20/h5-8,18,31H,2-4,9-17H2,1H3,(H,32,33,34)/t18-/m0/s1. The molecule has 212 valence electrons. The topological polar surface area (TPSA) is 83.4 Å². The third-order valence-corrected chi connectivity index (χ3v) is 6.94. The molecule has 0 radical (unpaired) electrons. The summed E-state index contributed by atoms with van der Waals surface area (Å²) in [5, 5.41) is 11.5. The molecule has 0 amide bonds. The Morgan fingerprint density at radius 1 is 1.08 bits per heavy atom. The van der Waals surface area contributed by atoms with Crippen LogP contribution in [0.1, 0.15) is 31.9 Å². The van der Waals surface area contributed by atoms with E-state index in [2.05, 4.69) is 27.4 Å². The molecular weight excluding hydrogens is 516 g/mol. The molecule has 39 heavy (non-hydrogen) atoms. The number of ether oxygens (including phenoxy) is 1. The zero-order chi connectivity index (χ0) is 27.4. The Bertz CT molecular complexity index is 1240. The van der Waals surface area contributed by atoms with E-state index in [1.165, 1.54) is 18.6 Å². The minimum absolute atomic E-state index is 0.0953. The Morgan fingerprint density at radius 3 is 2.56 bits per heavy atom. The van der Waals surface area contributed by atoms with Crippen LogP contribution in [0.25, 0.3) is 11.0 Å². The molecule has 2 N–H and O–H groups in total. The van der Waals surface area contributed by atoms with Gasteiger partial charge in [-0.25, -0.2) is 9.37 Å². The van der Waals surface area contributed by atoms with Crippen molar-refractivity contribution >= 4 is 28.5 Å². The predicted octanol–water partition coefficient (Wildman–Crippen LogP) is 4.07. The number of halogens is 4. The van der Waals surface area contributed by atoms with E-state index in [-0.39, 0.29) is 25.0 Å². The molecule has 9 nitrogen and oxygen atoms in total. The molecule has 1 aromatic carbocycles. The summed E-state index contributed by atoms with van der Waals surface area (Å²) in [6, 6.07) is 6.18. The van der Waals surface area contributed by atoms with Gasteiger partial charge in [-0.3, -0.25) is 9.58 Å². The van der Waals surface area contributed by atoms with Gasteiger partial charge in [-0.15, -0.1) is 0 Å². The van der Waals surface area contributed by atoms with Gasteiger partial charge >= 0.3 is 6.18 Å². The highest BCUT2D eigenvalue weighted by atomic mass is 19.4. The molecule has 5 rings (SSSR count). The molecule has 0 bridgehead atoms. The van der Waals surface area contributed by atoms with Crippen LogP contribution >= 0.6 is 0 Å². The first-order valence-electron chi connectivity index (χ1n) is 13.4. The number of alkyl halides is 3. The molecule has 13 heteroatoms. The van der Waals surface area contributed by atoms with Crippen molar-refractivity contribution < 1.29 is 22.3 Å². The van der Waals surface area contributed by atoms with Gasteiger partial charge in [0.25, 0.3) is 0 Å². The quantitative estimate of drug-likeness (QED) is 0.305. The van der Waals surface area contributed by atoms with Crippen LogP contribution in [-0.4, -0.2) is 82.8 Å². The van der Waals surface area contributed by atoms with Crippen LogP contribution in [0, 0.1) is 5.82 Å². The number of nitrogens with zero attached hydrogens (tertiary/aromatic N) is 6. The summed E-state index contributed by atoms with van der Waals surface area (Å²) in [4.78, 5) is 14.3. The van der Waals surface area contributed by atoms with Crippen LogP contribution < -0.4 is 15.5 Å². The lowest BCUT2D eigenvalue weighted by molar-refractivity contribution is -0.174. The minimum Gasteiger partial charge on any atom is -0.370 e. The van der Waals surface area contributed by atoms with E-state index in [1.807, 2.05) is 0 Å². The molecule has 3 aromatic rings. The molecule has 2 aliphatic rings. The maximum atomic E-state index is 13.6. The van der Waals surface area contributed by atoms with Crippen molar-refractivity contribution in [2.75, 3.05) is 56.2 Å². The summed E-state index contributed by atoms with van der Waals surface area (Å²) in [5.41, 5.74) is 2.59. The average Bonchev–Trinajstić information content (AvgIpc) is 3.25. The molecule has 2 aliphatic heterocycles. The number of benzene rings is 1. The van der Waals surface area contributed by atoms with Crippen LogP contribution in [0.5, 0.6) is 0 Å². The van der Waals surface area contributed by atoms with E-state index in [9.17, 15) is 17.6 Å². The number of likely N-dealkylation sites (tertiary alicyclic amines) is 1. The molecule has 0 aliphatic carbocycles. The third kappa shape index (κ3) is 7.14. The SMILES string of the molecule is C[C@H]1CN(c2nc(Nc3ccc(F)cc3)c3c(n2)c(CN2CCCCC2)nn3CCOCC(F)(F)F)CCN1. The fourth-order valence-electron chi connectivity index (χ4n) is 5.08. The number of fused-ring (bicyclic) bond motifs is 1. The lowest BCUT2D eigenvalue weighted by Crippen LogP contribution is -2.49. The van der Waals surface area contributed by atoms with Gasteiger partial charge in [-0.1, -0.05) is 6.42 Å². The first kappa shape index (κ1) is 27.5. The molecule has 0 unspecified atom stereocenters. The highest BCUT2D eigenvalue weighted by Crippen LogP contribution is 2.30. The summed E-state index contributed by atoms with van der Waals surface area (Å²) in [6.45, 7) is 5.43. The van der Waals surface area contributed by atoms with Crippen molar-refractivity contribution in [1.29, 1.82) is 0 Å². The Labute approximate surface area is 224 Å². The third-order valence-electron chi connectivity index (χ3n) is 6.94. The molecule has 2 aromatic heterocycles. The Balaban J connectivity index is 1.55. The molecule has 4 heterocycles.